The molecular formula is C24H14N4. The largest absolute Gasteiger partial charge is 0.276 e. The Bertz CT molecular complexity index is 1590. The van der Waals surface area contributed by atoms with Gasteiger partial charge in [-0.1, -0.05) is 36.4 Å². The van der Waals surface area contributed by atoms with Crippen LogP contribution in [0, 0.1) is 0 Å². The number of hydrogen-bond acceptors (Lipinski definition) is 3. The lowest BCUT2D eigenvalue weighted by Crippen LogP contribution is -1.95. The summed E-state index contributed by atoms with van der Waals surface area (Å²) in [4.78, 5) is 14.0. The van der Waals surface area contributed by atoms with Gasteiger partial charge in [-0.3, -0.25) is 9.38 Å². The SMILES string of the molecule is c1ccc2c(c1)Cc1ccc3c(c1-2)c1cnccc1n1c2ncccc2nc31. The molecule has 4 aromatic heterocycles. The first-order valence-electron chi connectivity index (χ1n) is 9.43. The second-order valence-corrected chi connectivity index (χ2v) is 7.37. The van der Waals surface area contributed by atoms with Crippen molar-refractivity contribution in [2.75, 3.05) is 0 Å². The fourth-order valence-corrected chi connectivity index (χ4v) is 4.79. The Hall–Kier alpha value is -3.79. The predicted molar refractivity (Wildman–Crippen MR) is 112 cm³/mol. The molecule has 0 fully saturated rings. The second kappa shape index (κ2) is 4.93. The number of pyridine rings is 3. The minimum atomic E-state index is 0.886. The van der Waals surface area contributed by atoms with Gasteiger partial charge in [-0.05, 0) is 46.9 Å². The lowest BCUT2D eigenvalue weighted by molar-refractivity contribution is 1.23. The molecule has 0 bridgehead atoms. The van der Waals surface area contributed by atoms with Crippen LogP contribution in [0.15, 0.2) is 73.2 Å². The van der Waals surface area contributed by atoms with Gasteiger partial charge in [-0.15, -0.1) is 0 Å². The van der Waals surface area contributed by atoms with Gasteiger partial charge in [0.25, 0.3) is 0 Å². The summed E-state index contributed by atoms with van der Waals surface area (Å²) in [6.07, 6.45) is 6.63. The van der Waals surface area contributed by atoms with Gasteiger partial charge in [0.15, 0.2) is 5.65 Å². The maximum Gasteiger partial charge on any atom is 0.164 e. The number of benzene rings is 2. The molecule has 0 spiro atoms. The lowest BCUT2D eigenvalue weighted by Gasteiger charge is -2.12. The van der Waals surface area contributed by atoms with Crippen LogP contribution >= 0.6 is 0 Å². The van der Waals surface area contributed by atoms with Gasteiger partial charge in [0.05, 0.1) is 5.52 Å². The Balaban J connectivity index is 1.82. The summed E-state index contributed by atoms with van der Waals surface area (Å²) >= 11 is 0. The van der Waals surface area contributed by atoms with Gasteiger partial charge >= 0.3 is 0 Å². The highest BCUT2D eigenvalue weighted by molar-refractivity contribution is 6.20. The maximum atomic E-state index is 4.95. The molecule has 4 heteroatoms. The fourth-order valence-electron chi connectivity index (χ4n) is 4.79. The Kier molecular flexibility index (Phi) is 2.51. The summed E-state index contributed by atoms with van der Waals surface area (Å²) in [5.74, 6) is 0. The third kappa shape index (κ3) is 1.63. The molecule has 1 aliphatic carbocycles. The highest BCUT2D eigenvalue weighted by Crippen LogP contribution is 2.44. The first kappa shape index (κ1) is 14.3. The van der Waals surface area contributed by atoms with Gasteiger partial charge in [0, 0.05) is 34.7 Å². The molecule has 0 aliphatic heterocycles. The monoisotopic (exact) mass is 358 g/mol. The van der Waals surface area contributed by atoms with Gasteiger partial charge in [0.2, 0.25) is 0 Å². The number of rotatable bonds is 0. The number of nitrogens with zero attached hydrogens (tertiary/aromatic N) is 4. The molecule has 0 amide bonds. The third-order valence-corrected chi connectivity index (χ3v) is 5.92. The smallest absolute Gasteiger partial charge is 0.164 e. The van der Waals surface area contributed by atoms with Crippen LogP contribution in [-0.2, 0) is 6.42 Å². The van der Waals surface area contributed by atoms with E-state index in [1.54, 1.807) is 0 Å². The zero-order chi connectivity index (χ0) is 18.2. The van der Waals surface area contributed by atoms with Crippen LogP contribution in [0.1, 0.15) is 11.1 Å². The lowest BCUT2D eigenvalue weighted by atomic mass is 9.96. The minimum Gasteiger partial charge on any atom is -0.276 e. The van der Waals surface area contributed by atoms with Gasteiger partial charge in [-0.2, -0.15) is 0 Å². The Morgan fingerprint density at radius 3 is 2.75 bits per heavy atom. The molecule has 6 aromatic rings. The van der Waals surface area contributed by atoms with Crippen LogP contribution < -0.4 is 0 Å². The molecule has 28 heavy (non-hydrogen) atoms. The number of fused-ring (bicyclic) bond motifs is 12. The molecular weight excluding hydrogens is 344 g/mol. The van der Waals surface area contributed by atoms with E-state index in [4.69, 9.17) is 4.98 Å². The van der Waals surface area contributed by atoms with Crippen molar-refractivity contribution in [1.29, 1.82) is 0 Å². The minimum absolute atomic E-state index is 0.886. The Labute approximate surface area is 160 Å². The topological polar surface area (TPSA) is 43.1 Å². The molecule has 0 atom stereocenters. The summed E-state index contributed by atoms with van der Waals surface area (Å²) in [5, 5.41) is 3.53. The van der Waals surface area contributed by atoms with E-state index in [0.717, 1.165) is 39.5 Å². The molecule has 0 radical (unpaired) electrons. The Morgan fingerprint density at radius 2 is 1.75 bits per heavy atom. The van der Waals surface area contributed by atoms with Crippen molar-refractivity contribution in [3.63, 3.8) is 0 Å². The average Bonchev–Trinajstić information content (AvgIpc) is 3.32. The molecule has 0 saturated carbocycles. The second-order valence-electron chi connectivity index (χ2n) is 7.37. The van der Waals surface area contributed by atoms with E-state index in [1.165, 1.54) is 27.6 Å². The van der Waals surface area contributed by atoms with E-state index in [2.05, 4.69) is 56.8 Å². The molecule has 4 nitrogen and oxygen atoms in total. The first-order chi connectivity index (χ1) is 13.9. The molecule has 1 aliphatic rings. The van der Waals surface area contributed by atoms with Gasteiger partial charge in [0.1, 0.15) is 11.2 Å². The van der Waals surface area contributed by atoms with Gasteiger partial charge < -0.3 is 0 Å². The number of hydrogen-bond donors (Lipinski definition) is 0. The number of aromatic nitrogens is 4. The zero-order valence-electron chi connectivity index (χ0n) is 14.9. The highest BCUT2D eigenvalue weighted by Gasteiger charge is 2.24. The molecule has 0 unspecified atom stereocenters. The van der Waals surface area contributed by atoms with E-state index in [-0.39, 0.29) is 0 Å². The summed E-state index contributed by atoms with van der Waals surface area (Å²) in [5.41, 5.74) is 9.26. The molecule has 2 aromatic carbocycles. The van der Waals surface area contributed by atoms with Crippen molar-refractivity contribution in [3.05, 3.63) is 84.3 Å². The third-order valence-electron chi connectivity index (χ3n) is 5.92. The summed E-state index contributed by atoms with van der Waals surface area (Å²) in [7, 11) is 0. The van der Waals surface area contributed by atoms with E-state index < -0.39 is 0 Å². The summed E-state index contributed by atoms with van der Waals surface area (Å²) in [6, 6.07) is 19.2. The molecule has 0 saturated heterocycles. The van der Waals surface area contributed by atoms with E-state index in [9.17, 15) is 0 Å². The van der Waals surface area contributed by atoms with Crippen molar-refractivity contribution >= 4 is 38.5 Å². The first-order valence-corrected chi connectivity index (χ1v) is 9.43. The van der Waals surface area contributed by atoms with Crippen molar-refractivity contribution in [2.45, 2.75) is 6.42 Å². The van der Waals surface area contributed by atoms with Crippen LogP contribution in [0.5, 0.6) is 0 Å². The van der Waals surface area contributed by atoms with Gasteiger partial charge in [-0.25, -0.2) is 9.97 Å². The van der Waals surface area contributed by atoms with Crippen LogP contribution in [-0.4, -0.2) is 19.4 Å². The fraction of sp³-hybridized carbons (Fsp3) is 0.0417. The molecule has 4 heterocycles. The average molecular weight is 358 g/mol. The van der Waals surface area contributed by atoms with Crippen molar-refractivity contribution in [2.24, 2.45) is 0 Å². The van der Waals surface area contributed by atoms with E-state index in [0.29, 0.717) is 0 Å². The predicted octanol–water partition coefficient (Wildman–Crippen LogP) is 5.16. The normalized spacial score (nSPS) is 12.9. The number of imidazole rings is 1. The summed E-state index contributed by atoms with van der Waals surface area (Å²) < 4.78 is 2.17. The summed E-state index contributed by atoms with van der Waals surface area (Å²) in [6.45, 7) is 0. The molecule has 0 N–H and O–H groups in total. The van der Waals surface area contributed by atoms with Crippen molar-refractivity contribution < 1.29 is 0 Å². The van der Waals surface area contributed by atoms with Crippen LogP contribution in [0.2, 0.25) is 0 Å². The van der Waals surface area contributed by atoms with Crippen LogP contribution in [0.3, 0.4) is 0 Å². The van der Waals surface area contributed by atoms with E-state index >= 15 is 0 Å². The quantitative estimate of drug-likeness (QED) is 0.352. The van der Waals surface area contributed by atoms with Crippen LogP contribution in [0.25, 0.3) is 49.6 Å². The van der Waals surface area contributed by atoms with Crippen molar-refractivity contribution in [1.82, 2.24) is 19.4 Å². The molecule has 7 rings (SSSR count). The van der Waals surface area contributed by atoms with Crippen molar-refractivity contribution in [3.8, 4) is 11.1 Å². The standard InChI is InChI=1S/C24H14N4/c1-2-5-16-14(4-1)12-15-7-8-17-22(21(15)16)18-13-25-11-9-20(18)28-23(17)27-19-6-3-10-26-24(19)28/h1-11,13H,12H2. The van der Waals surface area contributed by atoms with E-state index in [1.807, 2.05) is 30.7 Å². The van der Waals surface area contributed by atoms with Crippen LogP contribution in [0.4, 0.5) is 0 Å². The highest BCUT2D eigenvalue weighted by atomic mass is 15.1. The maximum absolute atomic E-state index is 4.95. The molecule has 130 valence electrons. The Morgan fingerprint density at radius 1 is 0.786 bits per heavy atom. The zero-order valence-corrected chi connectivity index (χ0v) is 14.9.